The molecule has 1 aliphatic rings. The summed E-state index contributed by atoms with van der Waals surface area (Å²) in [6.45, 7) is 0.724. The van der Waals surface area contributed by atoms with E-state index in [1.165, 1.54) is 16.8 Å². The van der Waals surface area contributed by atoms with Crippen LogP contribution < -0.4 is 0 Å². The van der Waals surface area contributed by atoms with Crippen molar-refractivity contribution in [3.63, 3.8) is 0 Å². The Morgan fingerprint density at radius 3 is 2.74 bits per heavy atom. The molecule has 2 aromatic heterocycles. The van der Waals surface area contributed by atoms with E-state index >= 15 is 0 Å². The first-order valence-electron chi connectivity index (χ1n) is 7.26. The second kappa shape index (κ2) is 5.32. The number of imidazole rings is 1. The van der Waals surface area contributed by atoms with Gasteiger partial charge < -0.3 is 4.98 Å². The minimum Gasteiger partial charge on any atom is -0.335 e. The summed E-state index contributed by atoms with van der Waals surface area (Å²) >= 11 is 0. The first-order chi connectivity index (χ1) is 11.2. The van der Waals surface area contributed by atoms with Crippen LogP contribution in [0.1, 0.15) is 11.3 Å². The molecule has 0 atom stereocenters. The molecule has 118 valence electrons. The van der Waals surface area contributed by atoms with Crippen LogP contribution in [-0.2, 0) is 23.0 Å². The van der Waals surface area contributed by atoms with E-state index in [2.05, 4.69) is 20.2 Å². The van der Waals surface area contributed by atoms with Crippen LogP contribution in [-0.4, -0.2) is 39.4 Å². The lowest BCUT2D eigenvalue weighted by Crippen LogP contribution is -2.36. The Hall–Kier alpha value is -2.45. The van der Waals surface area contributed by atoms with Crippen molar-refractivity contribution in [1.82, 2.24) is 24.5 Å². The van der Waals surface area contributed by atoms with E-state index < -0.39 is 10.0 Å². The molecule has 1 aromatic carbocycles. The van der Waals surface area contributed by atoms with E-state index in [-0.39, 0.29) is 5.03 Å². The van der Waals surface area contributed by atoms with Gasteiger partial charge in [-0.2, -0.15) is 9.40 Å². The Labute approximate surface area is 133 Å². The second-order valence-corrected chi connectivity index (χ2v) is 7.31. The highest BCUT2D eigenvalue weighted by Gasteiger charge is 2.32. The van der Waals surface area contributed by atoms with Crippen LogP contribution in [0.15, 0.2) is 47.9 Å². The molecule has 1 aliphatic heterocycles. The Morgan fingerprint density at radius 2 is 2.00 bits per heavy atom. The zero-order valence-corrected chi connectivity index (χ0v) is 13.0. The lowest BCUT2D eigenvalue weighted by molar-refractivity contribution is 0.389. The van der Waals surface area contributed by atoms with Crippen LogP contribution in [0, 0.1) is 0 Å². The number of aromatic nitrogens is 4. The molecule has 0 saturated carbocycles. The molecule has 0 bridgehead atoms. The van der Waals surface area contributed by atoms with Gasteiger partial charge in [0.2, 0.25) is 0 Å². The zero-order valence-electron chi connectivity index (χ0n) is 12.2. The van der Waals surface area contributed by atoms with Gasteiger partial charge in [0.05, 0.1) is 18.2 Å². The highest BCUT2D eigenvalue weighted by atomic mass is 32.2. The van der Waals surface area contributed by atoms with E-state index in [9.17, 15) is 8.42 Å². The van der Waals surface area contributed by atoms with E-state index in [4.69, 9.17) is 0 Å². The maximum absolute atomic E-state index is 12.7. The molecule has 23 heavy (non-hydrogen) atoms. The standard InChI is InChI=1S/C15H15N5O2S/c21-23(22,14-8-16-10-17-14)20-7-6-13-12(9-20)15(19-18-13)11-4-2-1-3-5-11/h1-5,8,10H,6-7,9H2,(H,16,17)(H,18,19). The molecule has 0 spiro atoms. The lowest BCUT2D eigenvalue weighted by Gasteiger charge is -2.25. The van der Waals surface area contributed by atoms with Crippen LogP contribution in [0.3, 0.4) is 0 Å². The fourth-order valence-corrected chi connectivity index (χ4v) is 4.14. The predicted molar refractivity (Wildman–Crippen MR) is 83.9 cm³/mol. The summed E-state index contributed by atoms with van der Waals surface area (Å²) in [4.78, 5) is 6.48. The molecule has 0 aliphatic carbocycles. The average molecular weight is 329 g/mol. The Morgan fingerprint density at radius 1 is 1.17 bits per heavy atom. The van der Waals surface area contributed by atoms with Crippen molar-refractivity contribution in [2.75, 3.05) is 6.54 Å². The molecule has 2 N–H and O–H groups in total. The molecule has 0 fully saturated rings. The number of nitrogens with one attached hydrogen (secondary N) is 2. The minimum absolute atomic E-state index is 0.116. The summed E-state index contributed by atoms with van der Waals surface area (Å²) < 4.78 is 26.8. The molecular weight excluding hydrogens is 314 g/mol. The van der Waals surface area contributed by atoms with Gasteiger partial charge in [-0.3, -0.25) is 5.10 Å². The van der Waals surface area contributed by atoms with Crippen LogP contribution >= 0.6 is 0 Å². The van der Waals surface area contributed by atoms with Crippen molar-refractivity contribution in [1.29, 1.82) is 0 Å². The Bertz CT molecular complexity index is 916. The van der Waals surface area contributed by atoms with E-state index in [1.807, 2.05) is 30.3 Å². The highest BCUT2D eigenvalue weighted by molar-refractivity contribution is 7.89. The van der Waals surface area contributed by atoms with Gasteiger partial charge in [-0.05, 0) is 0 Å². The molecule has 3 aromatic rings. The third-order valence-electron chi connectivity index (χ3n) is 4.04. The number of nitrogens with zero attached hydrogens (tertiary/aromatic N) is 3. The average Bonchev–Trinajstić information content (AvgIpc) is 3.25. The monoisotopic (exact) mass is 329 g/mol. The zero-order chi connectivity index (χ0) is 15.9. The number of aromatic amines is 2. The summed E-state index contributed by atoms with van der Waals surface area (Å²) in [5.74, 6) is 0. The molecule has 4 rings (SSSR count). The van der Waals surface area contributed by atoms with Gasteiger partial charge in [0.25, 0.3) is 10.0 Å². The fourth-order valence-electron chi connectivity index (χ4n) is 2.83. The maximum atomic E-state index is 12.7. The number of fused-ring (bicyclic) bond motifs is 1. The van der Waals surface area contributed by atoms with Crippen LogP contribution in [0.5, 0.6) is 0 Å². The maximum Gasteiger partial charge on any atom is 0.260 e. The van der Waals surface area contributed by atoms with E-state index in [0.29, 0.717) is 19.5 Å². The van der Waals surface area contributed by atoms with Crippen molar-refractivity contribution in [2.45, 2.75) is 18.0 Å². The molecule has 0 amide bonds. The second-order valence-electron chi connectivity index (χ2n) is 5.40. The van der Waals surface area contributed by atoms with Gasteiger partial charge in [-0.25, -0.2) is 13.4 Å². The van der Waals surface area contributed by atoms with Crippen molar-refractivity contribution >= 4 is 10.0 Å². The molecule has 0 radical (unpaired) electrons. The predicted octanol–water partition coefficient (Wildman–Crippen LogP) is 1.55. The smallest absolute Gasteiger partial charge is 0.260 e. The van der Waals surface area contributed by atoms with Crippen molar-refractivity contribution < 1.29 is 8.42 Å². The fraction of sp³-hybridized carbons (Fsp3) is 0.200. The van der Waals surface area contributed by atoms with Crippen molar-refractivity contribution in [2.24, 2.45) is 0 Å². The van der Waals surface area contributed by atoms with Gasteiger partial charge in [0, 0.05) is 36.3 Å². The molecular formula is C15H15N5O2S. The molecule has 3 heterocycles. The number of hydrogen-bond acceptors (Lipinski definition) is 4. The number of rotatable bonds is 3. The first-order valence-corrected chi connectivity index (χ1v) is 8.70. The van der Waals surface area contributed by atoms with Gasteiger partial charge in [-0.15, -0.1) is 0 Å². The Balaban J connectivity index is 1.71. The summed E-state index contributed by atoms with van der Waals surface area (Å²) in [5, 5.41) is 7.54. The number of H-pyrrole nitrogens is 2. The van der Waals surface area contributed by atoms with E-state index in [0.717, 1.165) is 22.5 Å². The van der Waals surface area contributed by atoms with Crippen molar-refractivity contribution in [3.8, 4) is 11.3 Å². The number of benzene rings is 1. The molecule has 0 unspecified atom stereocenters. The van der Waals surface area contributed by atoms with Gasteiger partial charge in [-0.1, -0.05) is 30.3 Å². The normalized spacial score (nSPS) is 15.5. The summed E-state index contributed by atoms with van der Waals surface area (Å²) in [6, 6.07) is 9.77. The highest BCUT2D eigenvalue weighted by Crippen LogP contribution is 2.30. The number of hydrogen-bond donors (Lipinski definition) is 2. The minimum atomic E-state index is -3.56. The van der Waals surface area contributed by atoms with E-state index in [1.54, 1.807) is 0 Å². The topological polar surface area (TPSA) is 94.7 Å². The van der Waals surface area contributed by atoms with Gasteiger partial charge in [0.1, 0.15) is 0 Å². The quantitative estimate of drug-likeness (QED) is 0.762. The van der Waals surface area contributed by atoms with Crippen molar-refractivity contribution in [3.05, 3.63) is 54.1 Å². The molecule has 8 heteroatoms. The molecule has 0 saturated heterocycles. The third kappa shape index (κ3) is 2.36. The SMILES string of the molecule is O=S(=O)(c1cnc[nH]1)N1CCc2[nH]nc(-c3ccccc3)c2C1. The third-order valence-corrected chi connectivity index (χ3v) is 5.81. The number of sulfonamides is 1. The first kappa shape index (κ1) is 14.2. The summed E-state index contributed by atoms with van der Waals surface area (Å²) in [7, 11) is -3.56. The largest absolute Gasteiger partial charge is 0.335 e. The lowest BCUT2D eigenvalue weighted by atomic mass is 10.0. The van der Waals surface area contributed by atoms with Gasteiger partial charge >= 0.3 is 0 Å². The Kier molecular flexibility index (Phi) is 3.28. The molecule has 7 nitrogen and oxygen atoms in total. The summed E-state index contributed by atoms with van der Waals surface area (Å²) in [6.07, 6.45) is 3.32. The van der Waals surface area contributed by atoms with Gasteiger partial charge in [0.15, 0.2) is 5.03 Å². The summed E-state index contributed by atoms with van der Waals surface area (Å²) in [5.41, 5.74) is 3.72. The van der Waals surface area contributed by atoms with Crippen LogP contribution in [0.4, 0.5) is 0 Å². The van der Waals surface area contributed by atoms with Crippen LogP contribution in [0.2, 0.25) is 0 Å². The van der Waals surface area contributed by atoms with Crippen LogP contribution in [0.25, 0.3) is 11.3 Å².